The number of nitrogens with zero attached hydrogens (tertiary/aromatic N) is 2. The van der Waals surface area contributed by atoms with Gasteiger partial charge in [0.2, 0.25) is 0 Å². The van der Waals surface area contributed by atoms with Crippen molar-refractivity contribution in [3.05, 3.63) is 66.2 Å². The Morgan fingerprint density at radius 1 is 0.848 bits per heavy atom. The standard InChI is InChI=1S/C26H29N3O3S/c1-30-21-11-9-20(10-12-21)19-7-5-18(6-8-19)17-29(14-4-13-27)26-22-15-23(31-2)24(32-3)16-25(22)33-28-26/h5-12,15-16H,4,13-14,17,27H2,1-3H3. The van der Waals surface area contributed by atoms with Gasteiger partial charge in [-0.15, -0.1) is 0 Å². The van der Waals surface area contributed by atoms with Gasteiger partial charge in [-0.05, 0) is 59.4 Å². The molecule has 0 spiro atoms. The van der Waals surface area contributed by atoms with Gasteiger partial charge in [0.15, 0.2) is 17.3 Å². The molecule has 0 saturated heterocycles. The molecular weight excluding hydrogens is 434 g/mol. The highest BCUT2D eigenvalue weighted by Gasteiger charge is 2.17. The van der Waals surface area contributed by atoms with E-state index in [2.05, 4.69) is 41.3 Å². The lowest BCUT2D eigenvalue weighted by atomic mass is 10.0. The smallest absolute Gasteiger partial charge is 0.162 e. The highest BCUT2D eigenvalue weighted by molar-refractivity contribution is 7.13. The zero-order valence-corrected chi connectivity index (χ0v) is 20.0. The summed E-state index contributed by atoms with van der Waals surface area (Å²) in [6.45, 7) is 2.20. The summed E-state index contributed by atoms with van der Waals surface area (Å²) in [5.41, 5.74) is 9.38. The molecule has 4 aromatic rings. The third-order valence-corrected chi connectivity index (χ3v) is 6.44. The van der Waals surface area contributed by atoms with E-state index < -0.39 is 0 Å². The molecule has 0 amide bonds. The summed E-state index contributed by atoms with van der Waals surface area (Å²) in [4.78, 5) is 2.29. The number of methoxy groups -OCH3 is 3. The van der Waals surface area contributed by atoms with Gasteiger partial charge >= 0.3 is 0 Å². The van der Waals surface area contributed by atoms with Crippen LogP contribution in [0.4, 0.5) is 5.82 Å². The molecular formula is C26H29N3O3S. The topological polar surface area (TPSA) is 69.8 Å². The Labute approximate surface area is 198 Å². The van der Waals surface area contributed by atoms with E-state index in [4.69, 9.17) is 24.3 Å². The molecule has 0 bridgehead atoms. The average molecular weight is 464 g/mol. The van der Waals surface area contributed by atoms with E-state index in [-0.39, 0.29) is 0 Å². The van der Waals surface area contributed by atoms with Gasteiger partial charge in [-0.3, -0.25) is 0 Å². The fourth-order valence-corrected chi connectivity index (χ4v) is 4.64. The highest BCUT2D eigenvalue weighted by atomic mass is 32.1. The minimum atomic E-state index is 0.631. The fraction of sp³-hybridized carbons (Fsp3) is 0.269. The molecule has 0 atom stereocenters. The maximum absolute atomic E-state index is 5.83. The van der Waals surface area contributed by atoms with Crippen LogP contribution < -0.4 is 24.8 Å². The van der Waals surface area contributed by atoms with Crippen LogP contribution in [0.15, 0.2) is 60.7 Å². The van der Waals surface area contributed by atoms with Crippen LogP contribution >= 0.6 is 11.5 Å². The lowest BCUT2D eigenvalue weighted by molar-refractivity contribution is 0.356. The summed E-state index contributed by atoms with van der Waals surface area (Å²) in [7, 11) is 4.98. The average Bonchev–Trinajstić information content (AvgIpc) is 3.28. The van der Waals surface area contributed by atoms with Crippen LogP contribution in [0.5, 0.6) is 17.2 Å². The summed E-state index contributed by atoms with van der Waals surface area (Å²) < 4.78 is 22.1. The molecule has 1 aromatic heterocycles. The lowest BCUT2D eigenvalue weighted by Gasteiger charge is -2.23. The van der Waals surface area contributed by atoms with Crippen LogP contribution in [0.3, 0.4) is 0 Å². The van der Waals surface area contributed by atoms with Gasteiger partial charge in [0.25, 0.3) is 0 Å². The molecule has 0 unspecified atom stereocenters. The fourth-order valence-electron chi connectivity index (χ4n) is 3.83. The molecule has 2 N–H and O–H groups in total. The number of nitrogens with two attached hydrogens (primary N) is 1. The first-order valence-electron chi connectivity index (χ1n) is 10.9. The third-order valence-electron chi connectivity index (χ3n) is 5.64. The number of rotatable bonds is 10. The summed E-state index contributed by atoms with van der Waals surface area (Å²) in [6.07, 6.45) is 0.885. The van der Waals surface area contributed by atoms with Crippen LogP contribution in [-0.2, 0) is 6.54 Å². The third kappa shape index (κ3) is 5.05. The largest absolute Gasteiger partial charge is 0.497 e. The zero-order chi connectivity index (χ0) is 23.2. The van der Waals surface area contributed by atoms with Crippen molar-refractivity contribution < 1.29 is 14.2 Å². The predicted octanol–water partition coefficient (Wildman–Crippen LogP) is 5.34. The van der Waals surface area contributed by atoms with Crippen molar-refractivity contribution in [3.63, 3.8) is 0 Å². The Balaban J connectivity index is 1.60. The Hall–Kier alpha value is -3.29. The molecule has 0 saturated carbocycles. The summed E-state index contributed by atoms with van der Waals surface area (Å²) >= 11 is 1.47. The SMILES string of the molecule is COc1ccc(-c2ccc(CN(CCCN)c3nsc4cc(OC)c(OC)cc34)cc2)cc1. The van der Waals surface area contributed by atoms with Gasteiger partial charge in [-0.1, -0.05) is 36.4 Å². The van der Waals surface area contributed by atoms with Gasteiger partial charge in [0, 0.05) is 24.5 Å². The zero-order valence-electron chi connectivity index (χ0n) is 19.2. The number of aromatic nitrogens is 1. The van der Waals surface area contributed by atoms with E-state index in [1.807, 2.05) is 24.3 Å². The number of hydrogen-bond donors (Lipinski definition) is 1. The molecule has 0 aliphatic carbocycles. The van der Waals surface area contributed by atoms with Crippen LogP contribution in [-0.4, -0.2) is 38.8 Å². The Kier molecular flexibility index (Phi) is 7.32. The predicted molar refractivity (Wildman–Crippen MR) is 136 cm³/mol. The van der Waals surface area contributed by atoms with E-state index >= 15 is 0 Å². The Morgan fingerprint density at radius 2 is 1.48 bits per heavy atom. The van der Waals surface area contributed by atoms with Crippen LogP contribution in [0.2, 0.25) is 0 Å². The second-order valence-electron chi connectivity index (χ2n) is 7.70. The number of benzene rings is 3. The number of hydrogen-bond acceptors (Lipinski definition) is 7. The summed E-state index contributed by atoms with van der Waals surface area (Å²) in [5, 5.41) is 1.06. The van der Waals surface area contributed by atoms with Crippen molar-refractivity contribution in [2.45, 2.75) is 13.0 Å². The van der Waals surface area contributed by atoms with Crippen LogP contribution in [0.1, 0.15) is 12.0 Å². The van der Waals surface area contributed by atoms with Crippen molar-refractivity contribution in [2.24, 2.45) is 5.73 Å². The van der Waals surface area contributed by atoms with Gasteiger partial charge in [0.1, 0.15) is 5.75 Å². The molecule has 0 radical (unpaired) electrons. The van der Waals surface area contributed by atoms with Gasteiger partial charge < -0.3 is 24.8 Å². The second kappa shape index (κ2) is 10.6. The monoisotopic (exact) mass is 463 g/mol. The number of fused-ring (bicyclic) bond motifs is 1. The maximum Gasteiger partial charge on any atom is 0.162 e. The van der Waals surface area contributed by atoms with E-state index in [1.54, 1.807) is 21.3 Å². The van der Waals surface area contributed by atoms with E-state index in [0.29, 0.717) is 18.0 Å². The van der Waals surface area contributed by atoms with Crippen molar-refractivity contribution in [1.82, 2.24) is 4.37 Å². The summed E-state index contributed by atoms with van der Waals surface area (Å²) in [6, 6.07) is 20.8. The van der Waals surface area contributed by atoms with E-state index in [0.717, 1.165) is 46.7 Å². The molecule has 33 heavy (non-hydrogen) atoms. The first kappa shape index (κ1) is 22.9. The molecule has 0 aliphatic heterocycles. The van der Waals surface area contributed by atoms with Gasteiger partial charge in [-0.25, -0.2) is 0 Å². The normalized spacial score (nSPS) is 10.9. The highest BCUT2D eigenvalue weighted by Crippen LogP contribution is 2.39. The molecule has 3 aromatic carbocycles. The van der Waals surface area contributed by atoms with Crippen molar-refractivity contribution >= 4 is 27.4 Å². The van der Waals surface area contributed by atoms with Gasteiger partial charge in [0.05, 0.1) is 26.0 Å². The number of anilines is 1. The second-order valence-corrected chi connectivity index (χ2v) is 8.50. The maximum atomic E-state index is 5.83. The molecule has 0 fully saturated rings. The molecule has 1 heterocycles. The Bertz CT molecular complexity index is 1190. The molecule has 6 nitrogen and oxygen atoms in total. The first-order valence-corrected chi connectivity index (χ1v) is 11.6. The summed E-state index contributed by atoms with van der Waals surface area (Å²) in [5.74, 6) is 3.22. The van der Waals surface area contributed by atoms with E-state index in [1.165, 1.54) is 22.7 Å². The minimum absolute atomic E-state index is 0.631. The molecule has 4 rings (SSSR count). The van der Waals surface area contributed by atoms with Crippen molar-refractivity contribution in [2.75, 3.05) is 39.3 Å². The van der Waals surface area contributed by atoms with Crippen molar-refractivity contribution in [1.29, 1.82) is 0 Å². The van der Waals surface area contributed by atoms with Crippen molar-refractivity contribution in [3.8, 4) is 28.4 Å². The first-order chi connectivity index (χ1) is 16.2. The minimum Gasteiger partial charge on any atom is -0.497 e. The van der Waals surface area contributed by atoms with Gasteiger partial charge in [-0.2, -0.15) is 4.37 Å². The molecule has 7 heteroatoms. The Morgan fingerprint density at radius 3 is 2.09 bits per heavy atom. The quantitative estimate of drug-likeness (QED) is 0.342. The van der Waals surface area contributed by atoms with Crippen LogP contribution in [0.25, 0.3) is 21.2 Å². The number of ether oxygens (including phenoxy) is 3. The molecule has 0 aliphatic rings. The van der Waals surface area contributed by atoms with E-state index in [9.17, 15) is 0 Å². The lowest BCUT2D eigenvalue weighted by Crippen LogP contribution is -2.26. The van der Waals surface area contributed by atoms with Crippen LogP contribution in [0, 0.1) is 0 Å². The molecule has 172 valence electrons.